The molecule has 4 aromatic rings. The maximum Gasteiger partial charge on any atom is 0.435 e. The zero-order valence-corrected chi connectivity index (χ0v) is 27.1. The molecular weight excluding hydrogens is 671 g/mol. The molecule has 0 radical (unpaired) electrons. The van der Waals surface area contributed by atoms with Gasteiger partial charge in [0, 0.05) is 5.56 Å². The number of aromatic nitrogens is 2. The number of rotatable bonds is 10. The first-order valence-corrected chi connectivity index (χ1v) is 15.9. The Labute approximate surface area is 277 Å². The van der Waals surface area contributed by atoms with E-state index in [0.29, 0.717) is 10.6 Å². The first-order chi connectivity index (χ1) is 23.0. The van der Waals surface area contributed by atoms with E-state index in [1.165, 1.54) is 38.1 Å². The molecular formula is C31H28F3N7O7S. The van der Waals surface area contributed by atoms with E-state index < -0.39 is 56.8 Å². The maximum absolute atomic E-state index is 13.5. The van der Waals surface area contributed by atoms with E-state index in [0.717, 1.165) is 40.4 Å². The van der Waals surface area contributed by atoms with Gasteiger partial charge in [0.05, 0.1) is 39.4 Å². The number of imide groups is 1. The van der Waals surface area contributed by atoms with Crippen LogP contribution in [0.2, 0.25) is 0 Å². The van der Waals surface area contributed by atoms with Gasteiger partial charge in [0.2, 0.25) is 11.5 Å². The van der Waals surface area contributed by atoms with Crippen LogP contribution in [-0.2, 0) is 25.8 Å². The Morgan fingerprint density at radius 1 is 1.00 bits per heavy atom. The van der Waals surface area contributed by atoms with E-state index in [9.17, 15) is 41.2 Å². The summed E-state index contributed by atoms with van der Waals surface area (Å²) in [4.78, 5) is 43.3. The largest absolute Gasteiger partial charge is 0.569 e. The average molecular weight is 700 g/mol. The normalized spacial score (nSPS) is 14.8. The Balaban J connectivity index is 1.26. The number of carbonyl (C=O) groups excluding carboxylic acids is 3. The molecule has 14 nitrogen and oxygen atoms in total. The molecule has 1 unspecified atom stereocenters. The van der Waals surface area contributed by atoms with Gasteiger partial charge in [-0.2, -0.15) is 18.3 Å². The average Bonchev–Trinajstić information content (AvgIpc) is 3.63. The Kier molecular flexibility index (Phi) is 9.18. The van der Waals surface area contributed by atoms with E-state index >= 15 is 0 Å². The van der Waals surface area contributed by atoms with Crippen molar-refractivity contribution in [1.82, 2.24) is 24.4 Å². The lowest BCUT2D eigenvalue weighted by Crippen LogP contribution is -2.47. The van der Waals surface area contributed by atoms with Crippen LogP contribution in [0.1, 0.15) is 45.8 Å². The van der Waals surface area contributed by atoms with Gasteiger partial charge in [0.1, 0.15) is 0 Å². The number of alkyl halides is 3. The SMILES string of the molecule is Cc1ccc(-c2cc(C(F)(F)F)nn2-c2ccc(S(=O)(=O)NC(=O)[C@H](C)N(C)/[N+]([O-])=N\OC(C)N3C(=O)c4ccccc4C3=O)cc2)cc1. The van der Waals surface area contributed by atoms with Crippen molar-refractivity contribution in [2.24, 2.45) is 5.28 Å². The van der Waals surface area contributed by atoms with Crippen LogP contribution in [0.5, 0.6) is 0 Å². The second kappa shape index (κ2) is 13.0. The Bertz CT molecular complexity index is 2030. The number of halogens is 3. The highest BCUT2D eigenvalue weighted by atomic mass is 32.2. The molecule has 1 N–H and O–H groups in total. The molecule has 2 atom stereocenters. The summed E-state index contributed by atoms with van der Waals surface area (Å²) in [6.45, 7) is 4.33. The monoisotopic (exact) mass is 699 g/mol. The molecule has 3 amide bonds. The van der Waals surface area contributed by atoms with Crippen molar-refractivity contribution in [2.75, 3.05) is 7.05 Å². The minimum Gasteiger partial charge on any atom is -0.569 e. The number of likely N-dealkylation sites (N-methyl/N-ethyl adjacent to an activating group) is 1. The number of hydrogen-bond acceptors (Lipinski definition) is 9. The van der Waals surface area contributed by atoms with Gasteiger partial charge in [0.15, 0.2) is 11.7 Å². The molecule has 0 spiro atoms. The molecule has 5 rings (SSSR count). The number of nitrogens with zero attached hydrogens (tertiary/aromatic N) is 6. The number of carbonyl (C=O) groups is 3. The number of aryl methyl sites for hydroxylation is 1. The van der Waals surface area contributed by atoms with E-state index in [-0.39, 0.29) is 27.5 Å². The van der Waals surface area contributed by atoms with Crippen LogP contribution in [0.3, 0.4) is 0 Å². The summed E-state index contributed by atoms with van der Waals surface area (Å²) in [5.74, 6) is -2.44. The van der Waals surface area contributed by atoms with Crippen LogP contribution < -0.4 is 4.72 Å². The van der Waals surface area contributed by atoms with Crippen LogP contribution in [0.25, 0.3) is 16.9 Å². The van der Waals surface area contributed by atoms with E-state index in [2.05, 4.69) is 10.4 Å². The zero-order chi connectivity index (χ0) is 35.8. The summed E-state index contributed by atoms with van der Waals surface area (Å²) in [6.07, 6.45) is -6.04. The van der Waals surface area contributed by atoms with Gasteiger partial charge < -0.3 is 10.0 Å². The third-order valence-corrected chi connectivity index (χ3v) is 9.00. The van der Waals surface area contributed by atoms with Crippen molar-refractivity contribution in [3.8, 4) is 16.9 Å². The van der Waals surface area contributed by atoms with Gasteiger partial charge in [-0.15, -0.1) is 5.01 Å². The fraction of sp³-hybridized carbons (Fsp3) is 0.226. The van der Waals surface area contributed by atoms with Gasteiger partial charge in [-0.05, 0) is 63.2 Å². The lowest BCUT2D eigenvalue weighted by molar-refractivity contribution is -0.710. The smallest absolute Gasteiger partial charge is 0.435 e. The Morgan fingerprint density at radius 3 is 2.12 bits per heavy atom. The highest BCUT2D eigenvalue weighted by Gasteiger charge is 2.40. The minimum atomic E-state index is -4.74. The molecule has 18 heteroatoms. The molecule has 0 saturated heterocycles. The van der Waals surface area contributed by atoms with E-state index in [1.807, 2.05) is 11.6 Å². The van der Waals surface area contributed by atoms with Gasteiger partial charge in [-0.25, -0.2) is 22.7 Å². The second-order valence-corrected chi connectivity index (χ2v) is 12.7. The fourth-order valence-corrected chi connectivity index (χ4v) is 5.81. The second-order valence-electron chi connectivity index (χ2n) is 11.0. The maximum atomic E-state index is 13.5. The van der Waals surface area contributed by atoms with E-state index in [1.54, 1.807) is 36.4 Å². The van der Waals surface area contributed by atoms with Gasteiger partial charge in [-0.1, -0.05) is 42.0 Å². The first kappa shape index (κ1) is 34.6. The number of nitrogens with one attached hydrogen (secondary N) is 1. The molecule has 49 heavy (non-hydrogen) atoms. The number of amides is 3. The summed E-state index contributed by atoms with van der Waals surface area (Å²) >= 11 is 0. The van der Waals surface area contributed by atoms with Gasteiger partial charge in [0.25, 0.3) is 27.7 Å². The lowest BCUT2D eigenvalue weighted by atomic mass is 10.1. The standard InChI is InChI=1S/C31H28F3N7O7S/c1-18-9-11-21(12-10-18)26-17-27(31(32,33)34)35-40(26)22-13-15-23(16-14-22)49(46,47)36-28(42)19(2)38(4)41(45)37-48-20(3)39-29(43)24-7-5-6-8-25(24)30(39)44/h5-17,19-20H,1-4H3,(H,36,42)/b41-37+/t19-,20?/m0/s1. The van der Waals surface area contributed by atoms with Crippen molar-refractivity contribution < 1.29 is 45.8 Å². The molecule has 0 saturated carbocycles. The molecule has 0 fully saturated rings. The summed E-state index contributed by atoms with van der Waals surface area (Å²) in [7, 11) is -3.41. The lowest BCUT2D eigenvalue weighted by Gasteiger charge is -2.21. The number of hydrazine groups is 1. The molecule has 3 aromatic carbocycles. The summed E-state index contributed by atoms with van der Waals surface area (Å²) in [5, 5.41) is 20.2. The van der Waals surface area contributed by atoms with Crippen LogP contribution >= 0.6 is 0 Å². The quantitative estimate of drug-likeness (QED) is 0.109. The molecule has 1 aromatic heterocycles. The van der Waals surface area contributed by atoms with Crippen molar-refractivity contribution in [1.29, 1.82) is 0 Å². The van der Waals surface area contributed by atoms with Gasteiger partial charge >= 0.3 is 6.18 Å². The highest BCUT2D eigenvalue weighted by Crippen LogP contribution is 2.33. The molecule has 1 aliphatic heterocycles. The zero-order valence-electron chi connectivity index (χ0n) is 26.2. The summed E-state index contributed by atoms with van der Waals surface area (Å²) < 4.78 is 69.6. The molecule has 1 aliphatic rings. The molecule has 0 aliphatic carbocycles. The number of benzene rings is 3. The van der Waals surface area contributed by atoms with E-state index in [4.69, 9.17) is 4.84 Å². The fourth-order valence-electron chi connectivity index (χ4n) is 4.76. The van der Waals surface area contributed by atoms with Crippen LogP contribution in [0, 0.1) is 12.1 Å². The number of hydrogen-bond donors (Lipinski definition) is 1. The third-order valence-electron chi connectivity index (χ3n) is 7.64. The van der Waals surface area contributed by atoms with Crippen molar-refractivity contribution in [2.45, 2.75) is 44.1 Å². The summed E-state index contributed by atoms with van der Waals surface area (Å²) in [6, 6.07) is 16.9. The van der Waals surface area contributed by atoms with Crippen LogP contribution in [-0.4, -0.2) is 70.1 Å². The topological polar surface area (TPSA) is 169 Å². The first-order valence-electron chi connectivity index (χ1n) is 14.4. The molecule has 0 bridgehead atoms. The Hall–Kier alpha value is -5.78. The van der Waals surface area contributed by atoms with Crippen molar-refractivity contribution in [3.05, 3.63) is 106 Å². The predicted octanol–water partition coefficient (Wildman–Crippen LogP) is 4.44. The number of fused-ring (bicyclic) bond motifs is 1. The van der Waals surface area contributed by atoms with Crippen LogP contribution in [0.4, 0.5) is 13.2 Å². The minimum absolute atomic E-state index is 0.114. The predicted molar refractivity (Wildman–Crippen MR) is 165 cm³/mol. The third kappa shape index (κ3) is 6.94. The molecule has 256 valence electrons. The summed E-state index contributed by atoms with van der Waals surface area (Å²) in [5.41, 5.74) is 0.730. The Morgan fingerprint density at radius 2 is 1.57 bits per heavy atom. The highest BCUT2D eigenvalue weighted by molar-refractivity contribution is 7.90. The molecule has 2 heterocycles. The van der Waals surface area contributed by atoms with Crippen molar-refractivity contribution in [3.63, 3.8) is 0 Å². The van der Waals surface area contributed by atoms with Gasteiger partial charge in [-0.3, -0.25) is 14.4 Å². The van der Waals surface area contributed by atoms with Crippen molar-refractivity contribution >= 4 is 27.7 Å². The number of sulfonamides is 1. The van der Waals surface area contributed by atoms with Crippen LogP contribution in [0.15, 0.2) is 89.0 Å².